The molecular weight excluding hydrogens is 642 g/mol. The zero-order valence-corrected chi connectivity index (χ0v) is 30.4. The number of aliphatic carboxylic acids is 1. The fraction of sp³-hybridized carbons (Fsp3) is 0.921. The monoisotopic (exact) mass is 707 g/mol. The highest BCUT2D eigenvalue weighted by atomic mass is 16.5. The summed E-state index contributed by atoms with van der Waals surface area (Å²) in [5.74, 6) is -0.593. The lowest BCUT2D eigenvalue weighted by Gasteiger charge is -2.53. The van der Waals surface area contributed by atoms with Crippen LogP contribution in [0.2, 0.25) is 0 Å². The van der Waals surface area contributed by atoms with E-state index in [4.69, 9.17) is 24.7 Å². The van der Waals surface area contributed by atoms with Gasteiger partial charge in [-0.1, -0.05) is 12.2 Å². The van der Waals surface area contributed by atoms with Crippen LogP contribution >= 0.6 is 0 Å². The second-order valence-corrected chi connectivity index (χ2v) is 16.7. The fourth-order valence-corrected chi connectivity index (χ4v) is 11.0. The molecule has 1 spiro atoms. The van der Waals surface area contributed by atoms with E-state index in [0.29, 0.717) is 31.6 Å². The number of piperidine rings is 2. The number of carboxylic acids is 1. The minimum Gasteiger partial charge on any atom is -0.481 e. The first-order chi connectivity index (χ1) is 24.0. The normalized spacial score (nSPS) is 48.5. The highest BCUT2D eigenvalue weighted by molar-refractivity contribution is 5.74. The van der Waals surface area contributed by atoms with E-state index in [0.717, 1.165) is 64.3 Å². The van der Waals surface area contributed by atoms with Gasteiger partial charge in [0.2, 0.25) is 0 Å². The van der Waals surface area contributed by atoms with Gasteiger partial charge in [0.25, 0.3) is 0 Å². The Balaban J connectivity index is 1.13. The first-order valence-corrected chi connectivity index (χ1v) is 19.5. The van der Waals surface area contributed by atoms with Crippen molar-refractivity contribution < 1.29 is 44.2 Å². The third-order valence-corrected chi connectivity index (χ3v) is 13.7. The van der Waals surface area contributed by atoms with Crippen molar-refractivity contribution in [2.75, 3.05) is 27.4 Å². The minimum absolute atomic E-state index is 0.0320. The van der Waals surface area contributed by atoms with E-state index >= 15 is 0 Å². The van der Waals surface area contributed by atoms with E-state index in [9.17, 15) is 25.2 Å². The molecule has 6 aliphatic rings. The highest BCUT2D eigenvalue weighted by Gasteiger charge is 2.59. The fourth-order valence-electron chi connectivity index (χ4n) is 11.0. The Kier molecular flexibility index (Phi) is 13.0. The van der Waals surface area contributed by atoms with Crippen molar-refractivity contribution in [2.45, 2.75) is 157 Å². The van der Waals surface area contributed by atoms with Gasteiger partial charge in [-0.3, -0.25) is 4.79 Å². The molecule has 2 saturated carbocycles. The van der Waals surface area contributed by atoms with Crippen LogP contribution in [0.1, 0.15) is 90.4 Å². The molecule has 0 aromatic heterocycles. The highest BCUT2D eigenvalue weighted by Crippen LogP contribution is 2.56. The van der Waals surface area contributed by atoms with Gasteiger partial charge < -0.3 is 55.7 Å². The number of carboxylic acid groups (broad SMARTS) is 1. The average molecular weight is 708 g/mol. The summed E-state index contributed by atoms with van der Waals surface area (Å²) in [6.07, 6.45) is 11.1. The van der Waals surface area contributed by atoms with Gasteiger partial charge >= 0.3 is 5.97 Å². The molecule has 8 N–H and O–H groups in total. The zero-order chi connectivity index (χ0) is 35.6. The van der Waals surface area contributed by atoms with E-state index in [1.54, 1.807) is 14.2 Å². The molecule has 0 bridgehead atoms. The molecule has 17 atom stereocenters. The number of methoxy groups -OCH3 is 2. The maximum atomic E-state index is 12.8. The molecular formula is C38H65N3O9. The molecule has 50 heavy (non-hydrogen) atoms. The summed E-state index contributed by atoms with van der Waals surface area (Å²) in [5.41, 5.74) is 5.79. The quantitative estimate of drug-likeness (QED) is 0.156. The third-order valence-electron chi connectivity index (χ3n) is 13.7. The van der Waals surface area contributed by atoms with Gasteiger partial charge in [-0.15, -0.1) is 0 Å². The van der Waals surface area contributed by atoms with Crippen LogP contribution in [-0.2, 0) is 23.7 Å². The summed E-state index contributed by atoms with van der Waals surface area (Å²) in [6.45, 7) is 3.25. The lowest BCUT2D eigenvalue weighted by atomic mass is 9.57. The first-order valence-electron chi connectivity index (χ1n) is 19.5. The number of rotatable bonds is 11. The molecule has 3 saturated heterocycles. The molecule has 5 fully saturated rings. The number of nitrogens with one attached hydrogen (secondary N) is 2. The lowest BCUT2D eigenvalue weighted by Crippen LogP contribution is -2.63. The molecule has 3 heterocycles. The molecule has 12 heteroatoms. The summed E-state index contributed by atoms with van der Waals surface area (Å²) < 4.78 is 24.8. The smallest absolute Gasteiger partial charge is 0.311 e. The van der Waals surface area contributed by atoms with Crippen LogP contribution in [-0.4, -0.2) is 121 Å². The summed E-state index contributed by atoms with van der Waals surface area (Å²) in [6, 6.07) is -0.00755. The van der Waals surface area contributed by atoms with Gasteiger partial charge in [0.1, 0.15) is 6.10 Å². The largest absolute Gasteiger partial charge is 0.481 e. The van der Waals surface area contributed by atoms with Crippen LogP contribution in [0.4, 0.5) is 0 Å². The Labute approximate surface area is 298 Å². The van der Waals surface area contributed by atoms with Gasteiger partial charge in [-0.05, 0) is 121 Å². The molecule has 0 aromatic carbocycles. The Hall–Kier alpha value is -1.19. The predicted molar refractivity (Wildman–Crippen MR) is 187 cm³/mol. The number of aliphatic hydroxyl groups excluding tert-OH is 3. The molecule has 3 aliphatic heterocycles. The molecule has 0 radical (unpaired) electrons. The number of allylic oxidation sites excluding steroid dienone is 1. The molecule has 3 aliphatic carbocycles. The second kappa shape index (κ2) is 16.9. The van der Waals surface area contributed by atoms with Crippen LogP contribution < -0.4 is 16.4 Å². The van der Waals surface area contributed by atoms with Gasteiger partial charge in [0, 0.05) is 31.7 Å². The van der Waals surface area contributed by atoms with Gasteiger partial charge in [-0.2, -0.15) is 0 Å². The van der Waals surface area contributed by atoms with Gasteiger partial charge in [-0.25, -0.2) is 0 Å². The molecule has 0 amide bonds. The maximum Gasteiger partial charge on any atom is 0.311 e. The molecule has 6 rings (SSSR count). The third kappa shape index (κ3) is 8.30. The van der Waals surface area contributed by atoms with Gasteiger partial charge in [0.15, 0.2) is 0 Å². The number of aliphatic hydroxyl groups is 3. The van der Waals surface area contributed by atoms with Crippen molar-refractivity contribution in [1.29, 1.82) is 0 Å². The van der Waals surface area contributed by atoms with Crippen molar-refractivity contribution in [3.8, 4) is 0 Å². The van der Waals surface area contributed by atoms with Crippen LogP contribution in [0, 0.1) is 35.0 Å². The summed E-state index contributed by atoms with van der Waals surface area (Å²) >= 11 is 0. The molecule has 286 valence electrons. The van der Waals surface area contributed by atoms with Crippen molar-refractivity contribution in [2.24, 2.45) is 40.7 Å². The van der Waals surface area contributed by atoms with Crippen LogP contribution in [0.3, 0.4) is 0 Å². The lowest BCUT2D eigenvalue weighted by molar-refractivity contribution is -0.183. The Morgan fingerprint density at radius 3 is 2.44 bits per heavy atom. The van der Waals surface area contributed by atoms with Crippen molar-refractivity contribution >= 4 is 5.97 Å². The maximum absolute atomic E-state index is 12.8. The molecule has 12 nitrogen and oxygen atoms in total. The van der Waals surface area contributed by atoms with Crippen LogP contribution in [0.25, 0.3) is 0 Å². The second-order valence-electron chi connectivity index (χ2n) is 16.7. The average Bonchev–Trinajstić information content (AvgIpc) is 3.48. The first kappa shape index (κ1) is 38.5. The Morgan fingerprint density at radius 1 is 0.920 bits per heavy atom. The van der Waals surface area contributed by atoms with E-state index in [2.05, 4.69) is 23.6 Å². The standard InChI is InChI=1S/C38H65N3O9/c1-21-10-12-38(27(7-8-28(38)37(45)46)23-11-13-40-35(39)17-23)34(41-21)20-49-33-16-24(15-32(48-3)36(33)44)30-19-25(42)18-26(50-30)6-4-22-5-9-29(43)31(14-22)47-2/h7-8,21-36,40-44H,4-6,9-20,39H2,1-3H3,(H,45,46). The Morgan fingerprint density at radius 2 is 1.70 bits per heavy atom. The van der Waals surface area contributed by atoms with Crippen molar-refractivity contribution in [1.82, 2.24) is 10.6 Å². The predicted octanol–water partition coefficient (Wildman–Crippen LogP) is 2.32. The summed E-state index contributed by atoms with van der Waals surface area (Å²) in [7, 11) is 3.29. The van der Waals surface area contributed by atoms with E-state index in [-0.39, 0.29) is 60.9 Å². The topological polar surface area (TPSA) is 185 Å². The van der Waals surface area contributed by atoms with E-state index in [1.807, 2.05) is 6.08 Å². The zero-order valence-electron chi connectivity index (χ0n) is 30.4. The van der Waals surface area contributed by atoms with Crippen LogP contribution in [0.15, 0.2) is 12.2 Å². The number of carbonyl (C=O) groups is 1. The van der Waals surface area contributed by atoms with Crippen molar-refractivity contribution in [3.05, 3.63) is 12.2 Å². The summed E-state index contributed by atoms with van der Waals surface area (Å²) in [5, 5.41) is 50.3. The SMILES string of the molecule is COC1CC(CCC2CC(O)CC(C3CC(OC)C(O)C(OCC4NC(C)CCC45C(C(=O)O)C=CC5C4CCNC(N)C4)C3)O2)CCC1O. The number of nitrogens with two attached hydrogens (primary N) is 1. The molecule has 17 unspecified atom stereocenters. The summed E-state index contributed by atoms with van der Waals surface area (Å²) in [4.78, 5) is 12.8. The van der Waals surface area contributed by atoms with Crippen LogP contribution in [0.5, 0.6) is 0 Å². The van der Waals surface area contributed by atoms with Crippen molar-refractivity contribution in [3.63, 3.8) is 0 Å². The molecule has 0 aromatic rings. The number of hydrogen-bond donors (Lipinski definition) is 7. The van der Waals surface area contributed by atoms with E-state index in [1.165, 1.54) is 0 Å². The Bertz CT molecular complexity index is 1150. The number of hydrogen-bond acceptors (Lipinski definition) is 11. The number of ether oxygens (including phenoxy) is 4. The minimum atomic E-state index is -0.830. The van der Waals surface area contributed by atoms with E-state index < -0.39 is 47.8 Å². The van der Waals surface area contributed by atoms with Gasteiger partial charge in [0.05, 0.1) is 61.4 Å².